The molecule has 7 atom stereocenters. The van der Waals surface area contributed by atoms with E-state index in [4.69, 9.17) is 9.47 Å². The van der Waals surface area contributed by atoms with E-state index < -0.39 is 0 Å². The lowest BCUT2D eigenvalue weighted by molar-refractivity contribution is -0.163. The van der Waals surface area contributed by atoms with Crippen molar-refractivity contribution in [2.75, 3.05) is 0 Å². The largest absolute Gasteiger partial charge is 0.458 e. The summed E-state index contributed by atoms with van der Waals surface area (Å²) in [5, 5.41) is 0. The highest BCUT2D eigenvalue weighted by molar-refractivity contribution is 5.79. The molecule has 1 saturated heterocycles. The van der Waals surface area contributed by atoms with Gasteiger partial charge in [0.25, 0.3) is 0 Å². The Bertz CT molecular complexity index is 427. The Labute approximate surface area is 92.6 Å². The minimum absolute atomic E-state index is 0.0387. The molecule has 0 radical (unpaired) electrons. The van der Waals surface area contributed by atoms with Crippen LogP contribution in [0.2, 0.25) is 0 Å². The Hall–Kier alpha value is -1.32. The first-order chi connectivity index (χ1) is 7.68. The minimum Gasteiger partial charge on any atom is -0.458 e. The van der Waals surface area contributed by atoms with E-state index in [2.05, 4.69) is 12.2 Å². The molecule has 4 rings (SSSR count). The van der Waals surface area contributed by atoms with Crippen LogP contribution in [-0.4, -0.2) is 24.1 Å². The molecule has 0 unspecified atom stereocenters. The van der Waals surface area contributed by atoms with Crippen molar-refractivity contribution in [3.63, 3.8) is 0 Å². The van der Waals surface area contributed by atoms with Crippen LogP contribution in [0, 0.1) is 29.6 Å². The number of fused-ring (bicyclic) bond motifs is 1. The maximum Gasteiger partial charge on any atom is 0.310 e. The average molecular weight is 220 g/mol. The Balaban J connectivity index is 1.73. The van der Waals surface area contributed by atoms with Crippen LogP contribution < -0.4 is 0 Å². The monoisotopic (exact) mass is 220 g/mol. The van der Waals surface area contributed by atoms with Crippen molar-refractivity contribution in [2.24, 2.45) is 29.6 Å². The summed E-state index contributed by atoms with van der Waals surface area (Å²) in [5.41, 5.74) is 0. The fourth-order valence-electron chi connectivity index (χ4n) is 4.19. The van der Waals surface area contributed by atoms with Gasteiger partial charge in [-0.05, 0) is 11.8 Å². The molecule has 0 spiro atoms. The van der Waals surface area contributed by atoms with Gasteiger partial charge in [-0.3, -0.25) is 9.59 Å². The van der Waals surface area contributed by atoms with E-state index in [1.165, 1.54) is 6.92 Å². The molecule has 1 aliphatic heterocycles. The molecule has 4 nitrogen and oxygen atoms in total. The first kappa shape index (κ1) is 8.79. The third-order valence-electron chi connectivity index (χ3n) is 4.63. The Morgan fingerprint density at radius 1 is 1.31 bits per heavy atom. The molecule has 3 aliphatic carbocycles. The number of ether oxygens (including phenoxy) is 2. The summed E-state index contributed by atoms with van der Waals surface area (Å²) >= 11 is 0. The first-order valence-electron chi connectivity index (χ1n) is 5.74. The number of carbonyl (C=O) groups is 2. The van der Waals surface area contributed by atoms with Crippen molar-refractivity contribution in [3.05, 3.63) is 12.2 Å². The molecule has 0 aromatic carbocycles. The molecule has 0 bridgehead atoms. The third-order valence-corrected chi connectivity index (χ3v) is 4.63. The van der Waals surface area contributed by atoms with Gasteiger partial charge in [-0.25, -0.2) is 0 Å². The topological polar surface area (TPSA) is 52.6 Å². The predicted octanol–water partition coefficient (Wildman–Crippen LogP) is 0.521. The van der Waals surface area contributed by atoms with Crippen molar-refractivity contribution >= 4 is 11.9 Å². The maximum absolute atomic E-state index is 11.6. The summed E-state index contributed by atoms with van der Waals surface area (Å²) in [5.74, 6) is 1.03. The van der Waals surface area contributed by atoms with Crippen LogP contribution in [0.3, 0.4) is 0 Å². The molecule has 2 saturated carbocycles. The van der Waals surface area contributed by atoms with E-state index in [-0.39, 0.29) is 36.0 Å². The lowest BCUT2D eigenvalue weighted by Gasteiger charge is -2.40. The van der Waals surface area contributed by atoms with Gasteiger partial charge < -0.3 is 9.47 Å². The zero-order chi connectivity index (χ0) is 11.0. The third kappa shape index (κ3) is 0.761. The summed E-state index contributed by atoms with van der Waals surface area (Å²) in [6, 6.07) is 0. The van der Waals surface area contributed by atoms with E-state index >= 15 is 0 Å². The van der Waals surface area contributed by atoms with Gasteiger partial charge in [0.1, 0.15) is 12.2 Å². The van der Waals surface area contributed by atoms with Gasteiger partial charge in [0.15, 0.2) is 0 Å². The summed E-state index contributed by atoms with van der Waals surface area (Å²) in [6.45, 7) is 1.41. The molecule has 16 heavy (non-hydrogen) atoms. The summed E-state index contributed by atoms with van der Waals surface area (Å²) in [7, 11) is 0. The molecule has 4 aliphatic rings. The van der Waals surface area contributed by atoms with Gasteiger partial charge in [0, 0.05) is 18.8 Å². The van der Waals surface area contributed by atoms with Crippen LogP contribution in [0.5, 0.6) is 0 Å². The molecule has 0 aromatic rings. The standard InChI is InChI=1S/C12H12O4/c1-4(13)15-10-6-3-2-5-7(6)9-8(5)12(14)16-11(9)10/h2-3,5-11H,1H3/t5-,6-,7+,8+,9-,10+,11+/m0/s1. The summed E-state index contributed by atoms with van der Waals surface area (Å²) in [4.78, 5) is 22.7. The van der Waals surface area contributed by atoms with Gasteiger partial charge in [0.2, 0.25) is 0 Å². The van der Waals surface area contributed by atoms with Crippen LogP contribution in [0.1, 0.15) is 6.92 Å². The fourth-order valence-corrected chi connectivity index (χ4v) is 4.19. The van der Waals surface area contributed by atoms with E-state index in [1.54, 1.807) is 0 Å². The Morgan fingerprint density at radius 3 is 2.81 bits per heavy atom. The second-order valence-corrected chi connectivity index (χ2v) is 5.20. The minimum atomic E-state index is -0.289. The Kier molecular flexibility index (Phi) is 1.37. The van der Waals surface area contributed by atoms with Crippen LogP contribution in [0.15, 0.2) is 12.2 Å². The zero-order valence-corrected chi connectivity index (χ0v) is 8.83. The SMILES string of the molecule is CC(=O)O[C@@H]1[C@H]2C=C[C@@H]3[C@H]4C(=O)O[C@@H]1[C@H]4[C@@H]23. The van der Waals surface area contributed by atoms with Crippen molar-refractivity contribution in [2.45, 2.75) is 19.1 Å². The lowest BCUT2D eigenvalue weighted by atomic mass is 9.59. The molecule has 84 valence electrons. The quantitative estimate of drug-likeness (QED) is 0.477. The normalized spacial score (nSPS) is 54.6. The Morgan fingerprint density at radius 2 is 2.06 bits per heavy atom. The number of esters is 2. The van der Waals surface area contributed by atoms with E-state index in [0.29, 0.717) is 17.8 Å². The first-order valence-corrected chi connectivity index (χ1v) is 5.74. The second kappa shape index (κ2) is 2.50. The number of rotatable bonds is 1. The molecular formula is C12H12O4. The highest BCUT2D eigenvalue weighted by Gasteiger charge is 2.73. The fraction of sp³-hybridized carbons (Fsp3) is 0.667. The maximum atomic E-state index is 11.6. The van der Waals surface area contributed by atoms with Crippen molar-refractivity contribution in [3.8, 4) is 0 Å². The van der Waals surface area contributed by atoms with Crippen LogP contribution in [0.4, 0.5) is 0 Å². The smallest absolute Gasteiger partial charge is 0.310 e. The van der Waals surface area contributed by atoms with Crippen molar-refractivity contribution in [1.82, 2.24) is 0 Å². The highest BCUT2D eigenvalue weighted by atomic mass is 16.6. The molecule has 1 heterocycles. The zero-order valence-electron chi connectivity index (χ0n) is 8.83. The number of hydrogen-bond acceptors (Lipinski definition) is 4. The lowest BCUT2D eigenvalue weighted by Crippen LogP contribution is -2.44. The highest BCUT2D eigenvalue weighted by Crippen LogP contribution is 2.66. The van der Waals surface area contributed by atoms with Crippen LogP contribution >= 0.6 is 0 Å². The summed E-state index contributed by atoms with van der Waals surface area (Å²) < 4.78 is 10.7. The number of allylic oxidation sites excluding steroid dienone is 1. The molecular weight excluding hydrogens is 208 g/mol. The van der Waals surface area contributed by atoms with E-state index in [0.717, 1.165) is 0 Å². The van der Waals surface area contributed by atoms with Crippen molar-refractivity contribution < 1.29 is 19.1 Å². The predicted molar refractivity (Wildman–Crippen MR) is 52.0 cm³/mol. The van der Waals surface area contributed by atoms with Gasteiger partial charge in [-0.2, -0.15) is 0 Å². The van der Waals surface area contributed by atoms with E-state index in [9.17, 15) is 9.59 Å². The molecule has 0 aromatic heterocycles. The van der Waals surface area contributed by atoms with Crippen molar-refractivity contribution in [1.29, 1.82) is 0 Å². The average Bonchev–Trinajstić information content (AvgIpc) is 2.69. The molecule has 4 heteroatoms. The summed E-state index contributed by atoms with van der Waals surface area (Å²) in [6.07, 6.45) is 3.79. The second-order valence-electron chi connectivity index (χ2n) is 5.20. The molecule has 0 amide bonds. The molecule has 3 fully saturated rings. The molecule has 0 N–H and O–H groups in total. The number of carbonyl (C=O) groups excluding carboxylic acids is 2. The number of hydrogen-bond donors (Lipinski definition) is 0. The van der Waals surface area contributed by atoms with Crippen LogP contribution in [-0.2, 0) is 19.1 Å². The van der Waals surface area contributed by atoms with Gasteiger partial charge in [-0.15, -0.1) is 0 Å². The van der Waals surface area contributed by atoms with E-state index in [1.807, 2.05) is 0 Å². The van der Waals surface area contributed by atoms with Gasteiger partial charge in [0.05, 0.1) is 5.92 Å². The van der Waals surface area contributed by atoms with Crippen LogP contribution in [0.25, 0.3) is 0 Å². The van der Waals surface area contributed by atoms with Gasteiger partial charge >= 0.3 is 11.9 Å². The van der Waals surface area contributed by atoms with Gasteiger partial charge in [-0.1, -0.05) is 12.2 Å².